The molecule has 144 valence electrons. The van der Waals surface area contributed by atoms with Crippen LogP contribution in [0.2, 0.25) is 0 Å². The molecule has 0 unspecified atom stereocenters. The average molecular weight is 384 g/mol. The van der Waals surface area contributed by atoms with Gasteiger partial charge in [-0.05, 0) is 30.3 Å². The molecule has 0 saturated carbocycles. The molecule has 2 aromatic heterocycles. The van der Waals surface area contributed by atoms with E-state index >= 15 is 0 Å². The quantitative estimate of drug-likeness (QED) is 0.544. The Labute approximate surface area is 168 Å². The standard InChI is InChI=1S/C23H20N4O2/c28-23(16-4-2-1-3-5-16)18-6-7-20-19(14-18)22(26-25-20)17-8-9-24-21(15-17)27-10-12-29-13-11-27/h1-9,14-15H,10-13H2,(H,25,26). The Balaban J connectivity index is 1.53. The summed E-state index contributed by atoms with van der Waals surface area (Å²) in [5.74, 6) is 0.918. The number of hydrogen-bond donors (Lipinski definition) is 1. The number of pyridine rings is 1. The topological polar surface area (TPSA) is 71.1 Å². The number of morpholine rings is 1. The summed E-state index contributed by atoms with van der Waals surface area (Å²) in [6.45, 7) is 3.07. The lowest BCUT2D eigenvalue weighted by molar-refractivity contribution is 0.103. The van der Waals surface area contributed by atoms with Crippen LogP contribution in [0.25, 0.3) is 22.2 Å². The Morgan fingerprint density at radius 3 is 2.62 bits per heavy atom. The minimum absolute atomic E-state index is 0.00313. The molecule has 0 bridgehead atoms. The number of ketones is 1. The zero-order valence-corrected chi connectivity index (χ0v) is 15.8. The van der Waals surface area contributed by atoms with Gasteiger partial charge in [-0.25, -0.2) is 4.98 Å². The summed E-state index contributed by atoms with van der Waals surface area (Å²) >= 11 is 0. The van der Waals surface area contributed by atoms with Crippen molar-refractivity contribution >= 4 is 22.5 Å². The number of H-pyrrole nitrogens is 1. The second-order valence-corrected chi connectivity index (χ2v) is 7.03. The van der Waals surface area contributed by atoms with E-state index in [1.54, 1.807) is 6.20 Å². The predicted molar refractivity (Wildman–Crippen MR) is 112 cm³/mol. The Morgan fingerprint density at radius 2 is 1.79 bits per heavy atom. The van der Waals surface area contributed by atoms with Crippen molar-refractivity contribution in [2.45, 2.75) is 0 Å². The molecule has 0 spiro atoms. The van der Waals surface area contributed by atoms with E-state index in [0.717, 1.165) is 41.1 Å². The van der Waals surface area contributed by atoms with Crippen LogP contribution in [0.4, 0.5) is 5.82 Å². The van der Waals surface area contributed by atoms with Crippen molar-refractivity contribution in [2.24, 2.45) is 0 Å². The molecule has 3 heterocycles. The highest BCUT2D eigenvalue weighted by Gasteiger charge is 2.16. The molecule has 1 fully saturated rings. The molecule has 6 heteroatoms. The molecule has 1 saturated heterocycles. The van der Waals surface area contributed by atoms with Gasteiger partial charge in [-0.3, -0.25) is 9.89 Å². The van der Waals surface area contributed by atoms with Gasteiger partial charge in [0.25, 0.3) is 0 Å². The van der Waals surface area contributed by atoms with Crippen LogP contribution < -0.4 is 4.90 Å². The van der Waals surface area contributed by atoms with E-state index in [1.165, 1.54) is 0 Å². The highest BCUT2D eigenvalue weighted by molar-refractivity contribution is 6.11. The first-order chi connectivity index (χ1) is 14.3. The van der Waals surface area contributed by atoms with Gasteiger partial charge in [0.2, 0.25) is 0 Å². The Morgan fingerprint density at radius 1 is 0.966 bits per heavy atom. The van der Waals surface area contributed by atoms with Gasteiger partial charge >= 0.3 is 0 Å². The molecule has 4 aromatic rings. The van der Waals surface area contributed by atoms with Crippen LogP contribution >= 0.6 is 0 Å². The van der Waals surface area contributed by atoms with Crippen molar-refractivity contribution in [3.05, 3.63) is 78.0 Å². The number of aromatic nitrogens is 3. The number of carbonyl (C=O) groups is 1. The number of anilines is 1. The van der Waals surface area contributed by atoms with Crippen molar-refractivity contribution in [2.75, 3.05) is 31.2 Å². The largest absolute Gasteiger partial charge is 0.378 e. The molecule has 0 aliphatic carbocycles. The van der Waals surface area contributed by atoms with Crippen LogP contribution in [-0.2, 0) is 4.74 Å². The van der Waals surface area contributed by atoms with E-state index < -0.39 is 0 Å². The molecule has 1 aliphatic rings. The fourth-order valence-electron chi connectivity index (χ4n) is 3.66. The fraction of sp³-hybridized carbons (Fsp3) is 0.174. The minimum Gasteiger partial charge on any atom is -0.378 e. The smallest absolute Gasteiger partial charge is 0.193 e. The first kappa shape index (κ1) is 17.6. The van der Waals surface area contributed by atoms with Crippen LogP contribution in [0.1, 0.15) is 15.9 Å². The molecule has 29 heavy (non-hydrogen) atoms. The molecule has 1 aliphatic heterocycles. The van der Waals surface area contributed by atoms with E-state index in [-0.39, 0.29) is 5.78 Å². The first-order valence-corrected chi connectivity index (χ1v) is 9.66. The number of benzene rings is 2. The maximum Gasteiger partial charge on any atom is 0.193 e. The molecular weight excluding hydrogens is 364 g/mol. The number of ether oxygens (including phenoxy) is 1. The summed E-state index contributed by atoms with van der Waals surface area (Å²) in [7, 11) is 0. The summed E-state index contributed by atoms with van der Waals surface area (Å²) < 4.78 is 5.43. The minimum atomic E-state index is 0.00313. The number of carbonyl (C=O) groups excluding carboxylic acids is 1. The van der Waals surface area contributed by atoms with Gasteiger partial charge in [0, 0.05) is 41.4 Å². The molecule has 1 N–H and O–H groups in total. The van der Waals surface area contributed by atoms with Crippen LogP contribution in [0.15, 0.2) is 66.9 Å². The molecule has 6 nitrogen and oxygen atoms in total. The van der Waals surface area contributed by atoms with Crippen LogP contribution in [0.5, 0.6) is 0 Å². The van der Waals surface area contributed by atoms with Gasteiger partial charge in [0.05, 0.1) is 18.7 Å². The third-order valence-electron chi connectivity index (χ3n) is 5.22. The summed E-state index contributed by atoms with van der Waals surface area (Å²) in [5, 5.41) is 8.52. The lowest BCUT2D eigenvalue weighted by Gasteiger charge is -2.27. The Kier molecular flexibility index (Phi) is 4.54. The van der Waals surface area contributed by atoms with Crippen molar-refractivity contribution in [3.63, 3.8) is 0 Å². The van der Waals surface area contributed by atoms with E-state index in [2.05, 4.69) is 20.1 Å². The zero-order chi connectivity index (χ0) is 19.6. The highest BCUT2D eigenvalue weighted by atomic mass is 16.5. The molecular formula is C23H20N4O2. The summed E-state index contributed by atoms with van der Waals surface area (Å²) in [6, 6.07) is 19.0. The second kappa shape index (κ2) is 7.48. The summed E-state index contributed by atoms with van der Waals surface area (Å²) in [5.41, 5.74) is 4.01. The van der Waals surface area contributed by atoms with Crippen LogP contribution in [0.3, 0.4) is 0 Å². The molecule has 0 atom stereocenters. The third kappa shape index (κ3) is 3.39. The van der Waals surface area contributed by atoms with Gasteiger partial charge in [-0.15, -0.1) is 0 Å². The summed E-state index contributed by atoms with van der Waals surface area (Å²) in [4.78, 5) is 19.6. The van der Waals surface area contributed by atoms with Crippen LogP contribution in [0, 0.1) is 0 Å². The SMILES string of the molecule is O=C(c1ccccc1)c1ccc2[nH]nc(-c3ccnc(N4CCOCC4)c3)c2c1. The monoisotopic (exact) mass is 384 g/mol. The maximum absolute atomic E-state index is 12.9. The van der Waals surface area contributed by atoms with Gasteiger partial charge in [0.1, 0.15) is 11.5 Å². The molecule has 0 radical (unpaired) electrons. The lowest BCUT2D eigenvalue weighted by Crippen LogP contribution is -2.36. The number of rotatable bonds is 4. The van der Waals surface area contributed by atoms with Gasteiger partial charge in [0.15, 0.2) is 5.78 Å². The average Bonchev–Trinajstić information content (AvgIpc) is 3.23. The van der Waals surface area contributed by atoms with Crippen molar-refractivity contribution < 1.29 is 9.53 Å². The summed E-state index contributed by atoms with van der Waals surface area (Å²) in [6.07, 6.45) is 1.81. The number of nitrogens with zero attached hydrogens (tertiary/aromatic N) is 3. The number of fused-ring (bicyclic) bond motifs is 1. The van der Waals surface area contributed by atoms with Gasteiger partial charge < -0.3 is 9.64 Å². The Bertz CT molecular complexity index is 1160. The Hall–Kier alpha value is -3.51. The normalized spacial score (nSPS) is 14.3. The van der Waals surface area contributed by atoms with E-state index in [4.69, 9.17) is 4.74 Å². The third-order valence-corrected chi connectivity index (χ3v) is 5.22. The zero-order valence-electron chi connectivity index (χ0n) is 15.8. The molecule has 5 rings (SSSR count). The molecule has 2 aromatic carbocycles. The number of aromatic amines is 1. The van der Waals surface area contributed by atoms with E-state index in [9.17, 15) is 4.79 Å². The van der Waals surface area contributed by atoms with Crippen LogP contribution in [-0.4, -0.2) is 47.3 Å². The highest BCUT2D eigenvalue weighted by Crippen LogP contribution is 2.29. The van der Waals surface area contributed by atoms with Crippen molar-refractivity contribution in [1.29, 1.82) is 0 Å². The second-order valence-electron chi connectivity index (χ2n) is 7.03. The predicted octanol–water partition coefficient (Wildman–Crippen LogP) is 3.69. The maximum atomic E-state index is 12.9. The van der Waals surface area contributed by atoms with E-state index in [1.807, 2.05) is 60.7 Å². The van der Waals surface area contributed by atoms with Gasteiger partial charge in [-0.2, -0.15) is 5.10 Å². The lowest BCUT2D eigenvalue weighted by atomic mass is 10.0. The van der Waals surface area contributed by atoms with Crippen molar-refractivity contribution in [1.82, 2.24) is 15.2 Å². The number of nitrogens with one attached hydrogen (secondary N) is 1. The van der Waals surface area contributed by atoms with E-state index in [0.29, 0.717) is 24.3 Å². The first-order valence-electron chi connectivity index (χ1n) is 9.66. The number of hydrogen-bond acceptors (Lipinski definition) is 5. The fourth-order valence-corrected chi connectivity index (χ4v) is 3.66. The van der Waals surface area contributed by atoms with Gasteiger partial charge in [-0.1, -0.05) is 30.3 Å². The molecule has 0 amide bonds. The van der Waals surface area contributed by atoms with Crippen molar-refractivity contribution in [3.8, 4) is 11.3 Å².